The minimum Gasteiger partial charge on any atom is -0.497 e. The predicted molar refractivity (Wildman–Crippen MR) is 83.5 cm³/mol. The van der Waals surface area contributed by atoms with Crippen LogP contribution in [0.1, 0.15) is 22.8 Å². The molecule has 0 unspecified atom stereocenters. The van der Waals surface area contributed by atoms with Gasteiger partial charge in [0.2, 0.25) is 0 Å². The highest BCUT2D eigenvalue weighted by atomic mass is 16.5. The van der Waals surface area contributed by atoms with Gasteiger partial charge in [-0.25, -0.2) is 5.43 Å². The highest BCUT2D eigenvalue weighted by Crippen LogP contribution is 2.13. The van der Waals surface area contributed by atoms with E-state index in [9.17, 15) is 4.79 Å². The lowest BCUT2D eigenvalue weighted by Crippen LogP contribution is -2.19. The molecule has 0 radical (unpaired) electrons. The normalized spacial score (nSPS) is 11.0. The Morgan fingerprint density at radius 2 is 1.95 bits per heavy atom. The number of hydrogen-bond acceptors (Lipinski definition) is 4. The summed E-state index contributed by atoms with van der Waals surface area (Å²) in [6, 6.07) is 14.2. The summed E-state index contributed by atoms with van der Waals surface area (Å²) in [7, 11) is 1.55. The van der Waals surface area contributed by atoms with Gasteiger partial charge in [0.1, 0.15) is 5.75 Å². The summed E-state index contributed by atoms with van der Waals surface area (Å²) in [4.78, 5) is 12.0. The van der Waals surface area contributed by atoms with Crippen LogP contribution in [0.2, 0.25) is 0 Å². The molecule has 0 aromatic heterocycles. The van der Waals surface area contributed by atoms with E-state index in [-0.39, 0.29) is 5.91 Å². The fourth-order valence-corrected chi connectivity index (χ4v) is 1.85. The van der Waals surface area contributed by atoms with Gasteiger partial charge >= 0.3 is 0 Å². The second kappa shape index (κ2) is 6.56. The molecule has 0 fully saturated rings. The molecular formula is C16H17N3O2. The summed E-state index contributed by atoms with van der Waals surface area (Å²) >= 11 is 0. The zero-order valence-electron chi connectivity index (χ0n) is 12.0. The van der Waals surface area contributed by atoms with Gasteiger partial charge in [-0.05, 0) is 31.2 Å². The maximum Gasteiger partial charge on any atom is 0.271 e. The third-order valence-electron chi connectivity index (χ3n) is 3.01. The smallest absolute Gasteiger partial charge is 0.271 e. The van der Waals surface area contributed by atoms with E-state index in [4.69, 9.17) is 10.5 Å². The first kappa shape index (κ1) is 14.6. The Morgan fingerprint density at radius 1 is 1.19 bits per heavy atom. The number of hydrogen-bond donors (Lipinski definition) is 2. The molecule has 0 aliphatic carbocycles. The fraction of sp³-hybridized carbons (Fsp3) is 0.125. The molecule has 0 saturated carbocycles. The summed E-state index contributed by atoms with van der Waals surface area (Å²) in [5, 5.41) is 4.08. The largest absolute Gasteiger partial charge is 0.497 e. The molecule has 0 heterocycles. The molecule has 108 valence electrons. The van der Waals surface area contributed by atoms with E-state index in [1.54, 1.807) is 44.4 Å². The number of anilines is 1. The van der Waals surface area contributed by atoms with Crippen molar-refractivity contribution < 1.29 is 9.53 Å². The number of nitrogens with two attached hydrogens (primary N) is 1. The van der Waals surface area contributed by atoms with E-state index >= 15 is 0 Å². The Morgan fingerprint density at radius 3 is 2.67 bits per heavy atom. The third kappa shape index (κ3) is 3.60. The second-order valence-electron chi connectivity index (χ2n) is 4.46. The van der Waals surface area contributed by atoms with Crippen LogP contribution in [0.4, 0.5) is 5.69 Å². The maximum absolute atomic E-state index is 12.0. The monoisotopic (exact) mass is 283 g/mol. The first-order valence-electron chi connectivity index (χ1n) is 6.45. The molecule has 3 N–H and O–H groups in total. The van der Waals surface area contributed by atoms with Crippen LogP contribution >= 0.6 is 0 Å². The molecule has 2 aromatic carbocycles. The van der Waals surface area contributed by atoms with Crippen molar-refractivity contribution in [2.24, 2.45) is 5.10 Å². The van der Waals surface area contributed by atoms with Crippen molar-refractivity contribution in [1.29, 1.82) is 0 Å². The van der Waals surface area contributed by atoms with E-state index in [0.717, 1.165) is 5.56 Å². The number of nitrogen functional groups attached to an aromatic ring is 1. The number of carbonyl (C=O) groups is 1. The lowest BCUT2D eigenvalue weighted by atomic mass is 10.1. The van der Waals surface area contributed by atoms with E-state index in [1.165, 1.54) is 0 Å². The number of amides is 1. The number of ether oxygens (including phenoxy) is 1. The van der Waals surface area contributed by atoms with Gasteiger partial charge in [-0.2, -0.15) is 5.10 Å². The van der Waals surface area contributed by atoms with E-state index in [1.807, 2.05) is 18.2 Å². The minimum atomic E-state index is -0.303. The summed E-state index contributed by atoms with van der Waals surface area (Å²) in [6.07, 6.45) is 0. The van der Waals surface area contributed by atoms with Crippen molar-refractivity contribution in [3.8, 4) is 5.75 Å². The number of para-hydroxylation sites is 1. The first-order valence-corrected chi connectivity index (χ1v) is 6.45. The number of nitrogens with one attached hydrogen (secondary N) is 1. The molecule has 2 aromatic rings. The average Bonchev–Trinajstić information content (AvgIpc) is 2.52. The van der Waals surface area contributed by atoms with Crippen LogP contribution in [-0.2, 0) is 0 Å². The van der Waals surface area contributed by atoms with Crippen LogP contribution in [0, 0.1) is 0 Å². The molecule has 5 nitrogen and oxygen atoms in total. The topological polar surface area (TPSA) is 76.7 Å². The first-order chi connectivity index (χ1) is 10.1. The molecule has 2 rings (SSSR count). The SMILES string of the molecule is COc1cccc(C(=O)N/N=C(\C)c2ccccc2N)c1. The minimum absolute atomic E-state index is 0.303. The average molecular weight is 283 g/mol. The molecule has 0 spiro atoms. The van der Waals surface area contributed by atoms with Crippen LogP contribution in [-0.4, -0.2) is 18.7 Å². The number of benzene rings is 2. The summed E-state index contributed by atoms with van der Waals surface area (Å²) < 4.78 is 5.08. The van der Waals surface area contributed by atoms with Gasteiger partial charge in [-0.3, -0.25) is 4.79 Å². The highest BCUT2D eigenvalue weighted by molar-refractivity contribution is 6.04. The lowest BCUT2D eigenvalue weighted by molar-refractivity contribution is 0.0954. The number of nitrogens with zero attached hydrogens (tertiary/aromatic N) is 1. The number of carbonyl (C=O) groups excluding carboxylic acids is 1. The summed E-state index contributed by atoms with van der Waals surface area (Å²) in [5.41, 5.74) is 10.9. The molecule has 0 saturated heterocycles. The fourth-order valence-electron chi connectivity index (χ4n) is 1.85. The van der Waals surface area contributed by atoms with Gasteiger partial charge in [-0.15, -0.1) is 0 Å². The van der Waals surface area contributed by atoms with Gasteiger partial charge in [0.15, 0.2) is 0 Å². The van der Waals surface area contributed by atoms with Crippen LogP contribution in [0.3, 0.4) is 0 Å². The Kier molecular flexibility index (Phi) is 4.56. The van der Waals surface area contributed by atoms with Gasteiger partial charge in [0.25, 0.3) is 5.91 Å². The van der Waals surface area contributed by atoms with E-state index in [0.29, 0.717) is 22.7 Å². The van der Waals surface area contributed by atoms with Crippen molar-refractivity contribution in [2.45, 2.75) is 6.92 Å². The summed E-state index contributed by atoms with van der Waals surface area (Å²) in [5.74, 6) is 0.318. The molecule has 0 aliphatic rings. The molecule has 5 heteroatoms. The summed E-state index contributed by atoms with van der Waals surface area (Å²) in [6.45, 7) is 1.79. The zero-order valence-corrected chi connectivity index (χ0v) is 12.0. The van der Waals surface area contributed by atoms with Gasteiger partial charge in [-0.1, -0.05) is 24.3 Å². The van der Waals surface area contributed by atoms with Gasteiger partial charge in [0, 0.05) is 16.8 Å². The lowest BCUT2D eigenvalue weighted by Gasteiger charge is -2.06. The quantitative estimate of drug-likeness (QED) is 0.514. The van der Waals surface area contributed by atoms with Crippen molar-refractivity contribution in [3.05, 3.63) is 59.7 Å². The molecule has 21 heavy (non-hydrogen) atoms. The Bertz CT molecular complexity index is 681. The van der Waals surface area contributed by atoms with Gasteiger partial charge in [0.05, 0.1) is 12.8 Å². The van der Waals surface area contributed by atoms with Crippen LogP contribution in [0.5, 0.6) is 5.75 Å². The predicted octanol–water partition coefficient (Wildman–Crippen LogP) is 2.43. The van der Waals surface area contributed by atoms with Crippen molar-refractivity contribution in [2.75, 3.05) is 12.8 Å². The maximum atomic E-state index is 12.0. The Labute approximate surface area is 123 Å². The van der Waals surface area contributed by atoms with Crippen LogP contribution < -0.4 is 15.9 Å². The van der Waals surface area contributed by atoms with Crippen molar-refractivity contribution in [3.63, 3.8) is 0 Å². The Hall–Kier alpha value is -2.82. The number of hydrazone groups is 1. The number of methoxy groups -OCH3 is 1. The van der Waals surface area contributed by atoms with Crippen molar-refractivity contribution >= 4 is 17.3 Å². The molecular weight excluding hydrogens is 266 g/mol. The highest BCUT2D eigenvalue weighted by Gasteiger charge is 2.07. The van der Waals surface area contributed by atoms with Gasteiger partial charge < -0.3 is 10.5 Å². The molecule has 1 amide bonds. The second-order valence-corrected chi connectivity index (χ2v) is 4.46. The standard InChI is InChI=1S/C16H17N3O2/c1-11(14-8-3-4-9-15(14)17)18-19-16(20)12-6-5-7-13(10-12)21-2/h3-10H,17H2,1-2H3,(H,19,20)/b18-11+. The van der Waals surface area contributed by atoms with Crippen molar-refractivity contribution in [1.82, 2.24) is 5.43 Å². The number of rotatable bonds is 4. The Balaban J connectivity index is 2.13. The molecule has 0 bridgehead atoms. The third-order valence-corrected chi connectivity index (χ3v) is 3.01. The zero-order chi connectivity index (χ0) is 15.2. The molecule has 0 aliphatic heterocycles. The van der Waals surface area contributed by atoms with E-state index in [2.05, 4.69) is 10.5 Å². The molecule has 0 atom stereocenters. The van der Waals surface area contributed by atoms with E-state index < -0.39 is 0 Å². The van der Waals surface area contributed by atoms with Crippen LogP contribution in [0.15, 0.2) is 53.6 Å². The van der Waals surface area contributed by atoms with Crippen LogP contribution in [0.25, 0.3) is 0 Å².